The standard InChI is InChI=1S/C17H13ClF3N5O/c1-10-15(25-26(24-10)14-7-3-5-12(18)9-14)16(27)23-22-13-6-2-4-11(8-13)17(19,20)21/h2-9,22H,1H3,(H,23,27). The zero-order valence-electron chi connectivity index (χ0n) is 13.9. The highest BCUT2D eigenvalue weighted by molar-refractivity contribution is 6.30. The number of hydrogen-bond donors (Lipinski definition) is 2. The van der Waals surface area contributed by atoms with Gasteiger partial charge >= 0.3 is 6.18 Å². The van der Waals surface area contributed by atoms with Gasteiger partial charge < -0.3 is 0 Å². The Labute approximate surface area is 156 Å². The van der Waals surface area contributed by atoms with Crippen LogP contribution < -0.4 is 10.9 Å². The van der Waals surface area contributed by atoms with Crippen LogP contribution in [0.2, 0.25) is 5.02 Å². The molecular weight excluding hydrogens is 383 g/mol. The molecule has 0 saturated heterocycles. The molecule has 140 valence electrons. The summed E-state index contributed by atoms with van der Waals surface area (Å²) in [6.45, 7) is 1.59. The number of nitrogens with zero attached hydrogens (tertiary/aromatic N) is 3. The molecule has 0 saturated carbocycles. The van der Waals surface area contributed by atoms with Gasteiger partial charge in [0.25, 0.3) is 5.91 Å². The van der Waals surface area contributed by atoms with Gasteiger partial charge in [-0.05, 0) is 43.3 Å². The highest BCUT2D eigenvalue weighted by Crippen LogP contribution is 2.30. The summed E-state index contributed by atoms with van der Waals surface area (Å²) in [6.07, 6.45) is -4.47. The van der Waals surface area contributed by atoms with Gasteiger partial charge in [0.15, 0.2) is 5.69 Å². The second-order valence-corrected chi connectivity index (χ2v) is 6.00. The van der Waals surface area contributed by atoms with Gasteiger partial charge in [-0.1, -0.05) is 23.7 Å². The SMILES string of the molecule is Cc1nn(-c2cccc(Cl)c2)nc1C(=O)NNc1cccc(C(F)(F)F)c1. The highest BCUT2D eigenvalue weighted by atomic mass is 35.5. The molecule has 0 spiro atoms. The molecule has 3 aromatic rings. The van der Waals surface area contributed by atoms with Crippen LogP contribution in [0, 0.1) is 6.92 Å². The van der Waals surface area contributed by atoms with Crippen molar-refractivity contribution in [2.75, 3.05) is 5.43 Å². The van der Waals surface area contributed by atoms with E-state index in [1.54, 1.807) is 31.2 Å². The molecule has 3 rings (SSSR count). The molecule has 10 heteroatoms. The molecule has 6 nitrogen and oxygen atoms in total. The Morgan fingerprint density at radius 1 is 1.11 bits per heavy atom. The quantitative estimate of drug-likeness (QED) is 0.655. The van der Waals surface area contributed by atoms with Crippen molar-refractivity contribution in [3.8, 4) is 5.69 Å². The van der Waals surface area contributed by atoms with Gasteiger partial charge in [0.1, 0.15) is 0 Å². The number of aromatic nitrogens is 3. The number of rotatable bonds is 4. The maximum absolute atomic E-state index is 12.7. The summed E-state index contributed by atoms with van der Waals surface area (Å²) in [4.78, 5) is 13.5. The third-order valence-corrected chi connectivity index (χ3v) is 3.78. The van der Waals surface area contributed by atoms with Crippen molar-refractivity contribution >= 4 is 23.2 Å². The van der Waals surface area contributed by atoms with E-state index in [2.05, 4.69) is 21.0 Å². The molecule has 1 aromatic heterocycles. The number of amides is 1. The highest BCUT2D eigenvalue weighted by Gasteiger charge is 2.30. The summed E-state index contributed by atoms with van der Waals surface area (Å²) in [7, 11) is 0. The summed E-state index contributed by atoms with van der Waals surface area (Å²) in [5.74, 6) is -0.641. The van der Waals surface area contributed by atoms with Crippen LogP contribution in [0.4, 0.5) is 18.9 Å². The predicted octanol–water partition coefficient (Wildman–Crippen LogP) is 4.00. The Bertz CT molecular complexity index is 987. The third-order valence-electron chi connectivity index (χ3n) is 3.55. The summed E-state index contributed by atoms with van der Waals surface area (Å²) in [5.41, 5.74) is 4.94. The van der Waals surface area contributed by atoms with Gasteiger partial charge in [0.05, 0.1) is 22.6 Å². The number of anilines is 1. The summed E-state index contributed by atoms with van der Waals surface area (Å²) >= 11 is 5.93. The number of aryl methyl sites for hydroxylation is 1. The Hall–Kier alpha value is -3.07. The van der Waals surface area contributed by atoms with E-state index in [9.17, 15) is 18.0 Å². The average Bonchev–Trinajstić information content (AvgIpc) is 3.01. The first-order chi connectivity index (χ1) is 12.7. The van der Waals surface area contributed by atoms with Gasteiger partial charge in [0.2, 0.25) is 0 Å². The number of hydrogen-bond acceptors (Lipinski definition) is 4. The lowest BCUT2D eigenvalue weighted by atomic mass is 10.2. The van der Waals surface area contributed by atoms with Crippen molar-refractivity contribution < 1.29 is 18.0 Å². The molecule has 1 heterocycles. The number of alkyl halides is 3. The van der Waals surface area contributed by atoms with E-state index in [4.69, 9.17) is 11.6 Å². The van der Waals surface area contributed by atoms with Crippen molar-refractivity contribution in [3.63, 3.8) is 0 Å². The Morgan fingerprint density at radius 3 is 2.56 bits per heavy atom. The fourth-order valence-corrected chi connectivity index (χ4v) is 2.45. The van der Waals surface area contributed by atoms with E-state index in [1.165, 1.54) is 16.9 Å². The lowest BCUT2D eigenvalue weighted by Crippen LogP contribution is -2.30. The first-order valence-corrected chi connectivity index (χ1v) is 8.05. The summed E-state index contributed by atoms with van der Waals surface area (Å²) < 4.78 is 38.2. The van der Waals surface area contributed by atoms with Gasteiger partial charge in [-0.2, -0.15) is 23.1 Å². The van der Waals surface area contributed by atoms with Crippen LogP contribution in [0.25, 0.3) is 5.69 Å². The smallest absolute Gasteiger partial charge is 0.298 e. The monoisotopic (exact) mass is 395 g/mol. The molecule has 0 unspecified atom stereocenters. The Morgan fingerprint density at radius 2 is 1.85 bits per heavy atom. The number of halogens is 4. The fraction of sp³-hybridized carbons (Fsp3) is 0.118. The molecule has 0 fully saturated rings. The maximum Gasteiger partial charge on any atom is 0.416 e. The van der Waals surface area contributed by atoms with Crippen LogP contribution in [0.3, 0.4) is 0 Å². The van der Waals surface area contributed by atoms with E-state index < -0.39 is 17.6 Å². The van der Waals surface area contributed by atoms with E-state index in [0.717, 1.165) is 12.1 Å². The lowest BCUT2D eigenvalue weighted by Gasteiger charge is -2.11. The van der Waals surface area contributed by atoms with Crippen molar-refractivity contribution in [1.82, 2.24) is 20.4 Å². The van der Waals surface area contributed by atoms with Crippen LogP contribution in [0.1, 0.15) is 21.7 Å². The lowest BCUT2D eigenvalue weighted by molar-refractivity contribution is -0.137. The van der Waals surface area contributed by atoms with E-state index >= 15 is 0 Å². The van der Waals surface area contributed by atoms with E-state index in [0.29, 0.717) is 16.4 Å². The van der Waals surface area contributed by atoms with E-state index in [1.807, 2.05) is 0 Å². The first kappa shape index (κ1) is 18.7. The molecule has 0 atom stereocenters. The zero-order chi connectivity index (χ0) is 19.6. The third kappa shape index (κ3) is 4.37. The second-order valence-electron chi connectivity index (χ2n) is 5.56. The minimum Gasteiger partial charge on any atom is -0.298 e. The second kappa shape index (κ2) is 7.28. The number of benzene rings is 2. The number of carbonyl (C=O) groups excluding carboxylic acids is 1. The molecule has 0 aliphatic rings. The van der Waals surface area contributed by atoms with Crippen molar-refractivity contribution in [2.45, 2.75) is 13.1 Å². The van der Waals surface area contributed by atoms with Crippen molar-refractivity contribution in [1.29, 1.82) is 0 Å². The zero-order valence-corrected chi connectivity index (χ0v) is 14.6. The molecule has 1 amide bonds. The van der Waals surface area contributed by atoms with E-state index in [-0.39, 0.29) is 11.4 Å². The molecule has 2 N–H and O–H groups in total. The van der Waals surface area contributed by atoms with Crippen LogP contribution >= 0.6 is 11.6 Å². The minimum absolute atomic E-state index is 0.0226. The van der Waals surface area contributed by atoms with Gasteiger partial charge in [-0.3, -0.25) is 15.6 Å². The van der Waals surface area contributed by atoms with Crippen LogP contribution in [-0.2, 0) is 6.18 Å². The molecular formula is C17H13ClF3N5O. The Kier molecular flexibility index (Phi) is 5.04. The molecule has 0 bridgehead atoms. The first-order valence-electron chi connectivity index (χ1n) is 7.67. The Balaban J connectivity index is 1.74. The number of hydrazine groups is 1. The molecule has 27 heavy (non-hydrogen) atoms. The van der Waals surface area contributed by atoms with Crippen molar-refractivity contribution in [2.24, 2.45) is 0 Å². The maximum atomic E-state index is 12.7. The topological polar surface area (TPSA) is 71.8 Å². The number of carbonyl (C=O) groups is 1. The summed E-state index contributed by atoms with van der Waals surface area (Å²) in [5, 5.41) is 8.74. The van der Waals surface area contributed by atoms with Crippen LogP contribution in [0.5, 0.6) is 0 Å². The van der Waals surface area contributed by atoms with Crippen LogP contribution in [0.15, 0.2) is 48.5 Å². The van der Waals surface area contributed by atoms with Crippen LogP contribution in [-0.4, -0.2) is 20.9 Å². The molecule has 0 aliphatic heterocycles. The normalized spacial score (nSPS) is 11.3. The van der Waals surface area contributed by atoms with Gasteiger partial charge in [0, 0.05) is 5.02 Å². The number of nitrogens with one attached hydrogen (secondary N) is 2. The van der Waals surface area contributed by atoms with Gasteiger partial charge in [-0.15, -0.1) is 5.10 Å². The average molecular weight is 396 g/mol. The molecule has 0 radical (unpaired) electrons. The van der Waals surface area contributed by atoms with Gasteiger partial charge in [-0.25, -0.2) is 0 Å². The molecule has 2 aromatic carbocycles. The largest absolute Gasteiger partial charge is 0.416 e. The molecule has 0 aliphatic carbocycles. The predicted molar refractivity (Wildman–Crippen MR) is 93.6 cm³/mol. The fourth-order valence-electron chi connectivity index (χ4n) is 2.27. The van der Waals surface area contributed by atoms with Crippen molar-refractivity contribution in [3.05, 3.63) is 70.5 Å². The summed E-state index contributed by atoms with van der Waals surface area (Å²) in [6, 6.07) is 11.2. The minimum atomic E-state index is -4.47.